The molecule has 0 spiro atoms. The van der Waals surface area contributed by atoms with Crippen molar-refractivity contribution in [2.45, 2.75) is 6.10 Å². The maximum absolute atomic E-state index is 11.3. The number of hydrogen-bond acceptors (Lipinski definition) is 5. The second kappa shape index (κ2) is 7.35. The fourth-order valence-corrected chi connectivity index (χ4v) is 3.35. The molecule has 28 heavy (non-hydrogen) atoms. The van der Waals surface area contributed by atoms with Gasteiger partial charge in [-0.3, -0.25) is 0 Å². The molecule has 0 radical (unpaired) electrons. The number of nitrogens with zero attached hydrogens (tertiary/aromatic N) is 6. The Bertz CT molecular complexity index is 1030. The van der Waals surface area contributed by atoms with E-state index in [1.165, 1.54) is 0 Å². The van der Waals surface area contributed by atoms with Crippen LogP contribution in [0, 0.1) is 0 Å². The third kappa shape index (κ3) is 3.28. The number of rotatable bonds is 4. The Morgan fingerprint density at radius 2 is 1.07 bits per heavy atom. The summed E-state index contributed by atoms with van der Waals surface area (Å²) in [5.41, 5.74) is 3.79. The highest BCUT2D eigenvalue weighted by molar-refractivity contribution is 6.30. The third-order valence-corrected chi connectivity index (χ3v) is 5.00. The minimum absolute atomic E-state index is 0.530. The molecule has 0 saturated carbocycles. The van der Waals surface area contributed by atoms with E-state index in [0.29, 0.717) is 32.8 Å². The Labute approximate surface area is 171 Å². The zero-order valence-corrected chi connectivity index (χ0v) is 16.6. The zero-order chi connectivity index (χ0) is 19.8. The second-order valence-corrected chi connectivity index (χ2v) is 7.18. The van der Waals surface area contributed by atoms with Crippen LogP contribution >= 0.6 is 23.2 Å². The Morgan fingerprint density at radius 1 is 0.714 bits per heavy atom. The van der Waals surface area contributed by atoms with E-state index in [-0.39, 0.29) is 0 Å². The highest BCUT2D eigenvalue weighted by Gasteiger charge is 2.28. The SMILES string of the molecule is Cn1nnc(-c2ccc(Cl)cc2)c1C(O)c1c(-c2ccc(Cl)cc2)nnn1C. The van der Waals surface area contributed by atoms with Gasteiger partial charge in [0.2, 0.25) is 0 Å². The van der Waals surface area contributed by atoms with E-state index >= 15 is 0 Å². The average Bonchev–Trinajstić information content (AvgIpc) is 3.25. The average molecular weight is 415 g/mol. The number of aromatic nitrogens is 6. The van der Waals surface area contributed by atoms with Crippen LogP contribution in [-0.4, -0.2) is 35.1 Å². The summed E-state index contributed by atoms with van der Waals surface area (Å²) < 4.78 is 3.10. The van der Waals surface area contributed by atoms with Crippen molar-refractivity contribution in [2.75, 3.05) is 0 Å². The molecule has 2 aromatic heterocycles. The molecule has 4 aromatic rings. The van der Waals surface area contributed by atoms with Gasteiger partial charge in [-0.25, -0.2) is 9.36 Å². The number of aliphatic hydroxyl groups is 1. The van der Waals surface area contributed by atoms with Crippen LogP contribution in [-0.2, 0) is 14.1 Å². The van der Waals surface area contributed by atoms with Gasteiger partial charge in [0.15, 0.2) is 0 Å². The summed E-state index contributed by atoms with van der Waals surface area (Å²) in [5.74, 6) is 0. The predicted octanol–water partition coefficient (Wildman–Crippen LogP) is 3.67. The minimum Gasteiger partial charge on any atom is -0.380 e. The van der Waals surface area contributed by atoms with Crippen LogP contribution < -0.4 is 0 Å². The molecular weight excluding hydrogens is 399 g/mol. The molecule has 0 bridgehead atoms. The Morgan fingerprint density at radius 3 is 1.43 bits per heavy atom. The molecule has 2 aromatic carbocycles. The van der Waals surface area contributed by atoms with E-state index in [1.54, 1.807) is 47.7 Å². The van der Waals surface area contributed by atoms with Crippen LogP contribution in [0.4, 0.5) is 0 Å². The number of benzene rings is 2. The predicted molar refractivity (Wildman–Crippen MR) is 107 cm³/mol. The molecule has 7 nitrogen and oxygen atoms in total. The summed E-state index contributed by atoms with van der Waals surface area (Å²) in [6, 6.07) is 14.4. The van der Waals surface area contributed by atoms with E-state index in [9.17, 15) is 5.11 Å². The van der Waals surface area contributed by atoms with Crippen LogP contribution in [0.25, 0.3) is 22.5 Å². The molecule has 0 unspecified atom stereocenters. The monoisotopic (exact) mass is 414 g/mol. The lowest BCUT2D eigenvalue weighted by Gasteiger charge is -2.14. The molecule has 0 aliphatic carbocycles. The quantitative estimate of drug-likeness (QED) is 0.550. The lowest BCUT2D eigenvalue weighted by atomic mass is 10.0. The number of hydrogen-bond donors (Lipinski definition) is 1. The summed E-state index contributed by atoms with van der Waals surface area (Å²) >= 11 is 12.0. The highest BCUT2D eigenvalue weighted by Crippen LogP contribution is 2.34. The third-order valence-electron chi connectivity index (χ3n) is 4.49. The molecule has 4 rings (SSSR count). The topological polar surface area (TPSA) is 81.7 Å². The van der Waals surface area contributed by atoms with E-state index in [4.69, 9.17) is 23.2 Å². The van der Waals surface area contributed by atoms with Gasteiger partial charge in [0.05, 0.1) is 0 Å². The van der Waals surface area contributed by atoms with Crippen molar-refractivity contribution >= 4 is 23.2 Å². The van der Waals surface area contributed by atoms with Gasteiger partial charge in [0, 0.05) is 35.3 Å². The Hall–Kier alpha value is -2.74. The van der Waals surface area contributed by atoms with E-state index in [0.717, 1.165) is 11.1 Å². The Balaban J connectivity index is 1.83. The lowest BCUT2D eigenvalue weighted by Crippen LogP contribution is -2.13. The van der Waals surface area contributed by atoms with Crippen LogP contribution in [0.5, 0.6) is 0 Å². The fourth-order valence-electron chi connectivity index (χ4n) is 3.10. The van der Waals surface area contributed by atoms with Crippen molar-refractivity contribution in [3.05, 3.63) is 70.0 Å². The van der Waals surface area contributed by atoms with Crippen LogP contribution in [0.1, 0.15) is 17.5 Å². The maximum Gasteiger partial charge on any atom is 0.142 e. The van der Waals surface area contributed by atoms with Gasteiger partial charge in [-0.2, -0.15) is 0 Å². The molecule has 0 atom stereocenters. The minimum atomic E-state index is -1.05. The molecule has 0 amide bonds. The van der Waals surface area contributed by atoms with Crippen molar-refractivity contribution < 1.29 is 5.11 Å². The highest BCUT2D eigenvalue weighted by atomic mass is 35.5. The van der Waals surface area contributed by atoms with Gasteiger partial charge in [-0.15, -0.1) is 10.2 Å². The van der Waals surface area contributed by atoms with Crippen LogP contribution in [0.3, 0.4) is 0 Å². The molecule has 0 aliphatic heterocycles. The summed E-state index contributed by atoms with van der Waals surface area (Å²) in [6.45, 7) is 0. The van der Waals surface area contributed by atoms with Crippen LogP contribution in [0.15, 0.2) is 48.5 Å². The van der Waals surface area contributed by atoms with Crippen LogP contribution in [0.2, 0.25) is 10.0 Å². The summed E-state index contributed by atoms with van der Waals surface area (Å²) in [7, 11) is 3.47. The first-order chi connectivity index (χ1) is 13.5. The van der Waals surface area contributed by atoms with Gasteiger partial charge in [-0.05, 0) is 24.3 Å². The van der Waals surface area contributed by atoms with Crippen molar-refractivity contribution in [1.29, 1.82) is 0 Å². The molecule has 9 heteroatoms. The number of aryl methyl sites for hydroxylation is 2. The smallest absolute Gasteiger partial charge is 0.142 e. The zero-order valence-electron chi connectivity index (χ0n) is 15.1. The lowest BCUT2D eigenvalue weighted by molar-refractivity contribution is 0.200. The van der Waals surface area contributed by atoms with Gasteiger partial charge >= 0.3 is 0 Å². The van der Waals surface area contributed by atoms with Gasteiger partial charge in [0.1, 0.15) is 28.9 Å². The number of aliphatic hydroxyl groups excluding tert-OH is 1. The molecule has 142 valence electrons. The molecule has 1 N–H and O–H groups in total. The molecule has 2 heterocycles. The summed E-state index contributed by atoms with van der Waals surface area (Å²) in [5, 5.41) is 29.2. The second-order valence-electron chi connectivity index (χ2n) is 6.31. The molecule has 0 aliphatic rings. The van der Waals surface area contributed by atoms with Gasteiger partial charge in [-0.1, -0.05) is 57.9 Å². The molecule has 0 fully saturated rings. The Kier molecular flexibility index (Phi) is 4.89. The fraction of sp³-hybridized carbons (Fsp3) is 0.158. The normalized spacial score (nSPS) is 11.4. The van der Waals surface area contributed by atoms with Crippen molar-refractivity contribution in [3.8, 4) is 22.5 Å². The van der Waals surface area contributed by atoms with E-state index in [2.05, 4.69) is 20.6 Å². The molecular formula is C19H16Cl2N6O. The largest absolute Gasteiger partial charge is 0.380 e. The summed E-state index contributed by atoms with van der Waals surface area (Å²) in [4.78, 5) is 0. The standard InChI is InChI=1S/C19H16Cl2N6O/c1-26-17(15(22-24-26)11-3-7-13(20)8-4-11)19(28)18-16(23-25-27(18)2)12-5-9-14(21)10-6-12/h3-10,19,28H,1-2H3. The first-order valence-corrected chi connectivity index (χ1v) is 9.20. The van der Waals surface area contributed by atoms with Crippen molar-refractivity contribution in [1.82, 2.24) is 30.0 Å². The van der Waals surface area contributed by atoms with Crippen molar-refractivity contribution in [2.24, 2.45) is 14.1 Å². The molecule has 0 saturated heterocycles. The first kappa shape index (κ1) is 18.6. The van der Waals surface area contributed by atoms with E-state index < -0.39 is 6.10 Å². The first-order valence-electron chi connectivity index (χ1n) is 8.45. The van der Waals surface area contributed by atoms with E-state index in [1.807, 2.05) is 24.3 Å². The maximum atomic E-state index is 11.3. The van der Waals surface area contributed by atoms with Crippen molar-refractivity contribution in [3.63, 3.8) is 0 Å². The number of halogens is 2. The summed E-state index contributed by atoms with van der Waals surface area (Å²) in [6.07, 6.45) is -1.05. The van der Waals surface area contributed by atoms with Gasteiger partial charge in [0.25, 0.3) is 0 Å². The van der Waals surface area contributed by atoms with Gasteiger partial charge < -0.3 is 5.11 Å².